The summed E-state index contributed by atoms with van der Waals surface area (Å²) in [5.74, 6) is -0.295. The fourth-order valence-electron chi connectivity index (χ4n) is 4.11. The average molecular weight is 546 g/mol. The molecular weight excluding hydrogens is 522 g/mol. The maximum atomic E-state index is 6.59. The first-order chi connectivity index (χ1) is 16.8. The number of ether oxygens (including phenoxy) is 1. The van der Waals surface area contributed by atoms with Crippen molar-refractivity contribution in [2.45, 2.75) is 11.8 Å². The summed E-state index contributed by atoms with van der Waals surface area (Å²) < 4.78 is 6.36. The number of nitrogen functional groups attached to an aromatic ring is 2. The average Bonchev–Trinajstić information content (AvgIpc) is 2.86. The van der Waals surface area contributed by atoms with Crippen molar-refractivity contribution in [2.75, 3.05) is 24.7 Å². The number of halogens is 4. The first-order valence-corrected chi connectivity index (χ1v) is 12.5. The van der Waals surface area contributed by atoms with Gasteiger partial charge >= 0.3 is 0 Å². The van der Waals surface area contributed by atoms with Gasteiger partial charge in [0.25, 0.3) is 0 Å². The van der Waals surface area contributed by atoms with Crippen LogP contribution >= 0.6 is 46.4 Å². The molecule has 35 heavy (non-hydrogen) atoms. The number of anilines is 2. The molecule has 2 atom stereocenters. The largest absolute Gasteiger partial charge is 0.398 e. The predicted molar refractivity (Wildman–Crippen MR) is 149 cm³/mol. The quantitative estimate of drug-likeness (QED) is 0.218. The second-order valence-electron chi connectivity index (χ2n) is 8.25. The van der Waals surface area contributed by atoms with E-state index in [4.69, 9.17) is 62.6 Å². The van der Waals surface area contributed by atoms with E-state index >= 15 is 0 Å². The van der Waals surface area contributed by atoms with E-state index in [1.807, 2.05) is 72.8 Å². The van der Waals surface area contributed by atoms with Gasteiger partial charge in [0, 0.05) is 21.9 Å². The molecule has 4 aromatic carbocycles. The molecule has 0 spiro atoms. The van der Waals surface area contributed by atoms with Gasteiger partial charge in [-0.15, -0.1) is 0 Å². The summed E-state index contributed by atoms with van der Waals surface area (Å²) in [5.41, 5.74) is 17.0. The molecule has 4 aromatic rings. The van der Waals surface area contributed by atoms with E-state index in [9.17, 15) is 0 Å². The van der Waals surface area contributed by atoms with Crippen LogP contribution < -0.4 is 11.5 Å². The topological polar surface area (TPSA) is 61.3 Å². The molecule has 4 N–H and O–H groups in total. The summed E-state index contributed by atoms with van der Waals surface area (Å²) in [7, 11) is 0. The van der Waals surface area contributed by atoms with Gasteiger partial charge in [-0.2, -0.15) is 0 Å². The Labute approximate surface area is 225 Å². The number of hydrogen-bond donors (Lipinski definition) is 2. The summed E-state index contributed by atoms with van der Waals surface area (Å²) in [4.78, 5) is 0. The van der Waals surface area contributed by atoms with Crippen LogP contribution in [0.25, 0.3) is 0 Å². The van der Waals surface area contributed by atoms with Gasteiger partial charge in [-0.05, 0) is 46.5 Å². The van der Waals surface area contributed by atoms with Crippen molar-refractivity contribution < 1.29 is 4.74 Å². The molecule has 7 heteroatoms. The SMILES string of the molecule is Nc1cc(C(COCC(c2ccccc2)c2cc(N)c(Cl)cc2Cl)c2ccccc2)c(Cl)cc1Cl. The Balaban J connectivity index is 1.65. The molecule has 0 heterocycles. The third-order valence-electron chi connectivity index (χ3n) is 5.96. The van der Waals surface area contributed by atoms with Crippen LogP contribution in [0, 0.1) is 0 Å². The van der Waals surface area contributed by atoms with E-state index in [1.165, 1.54) is 0 Å². The van der Waals surface area contributed by atoms with Crippen molar-refractivity contribution in [3.8, 4) is 0 Å². The van der Waals surface area contributed by atoms with E-state index < -0.39 is 0 Å². The number of benzene rings is 4. The van der Waals surface area contributed by atoms with Gasteiger partial charge in [0.2, 0.25) is 0 Å². The van der Waals surface area contributed by atoms with Crippen LogP contribution in [0.2, 0.25) is 20.1 Å². The van der Waals surface area contributed by atoms with Crippen molar-refractivity contribution in [1.29, 1.82) is 0 Å². The Bertz CT molecular complexity index is 1200. The van der Waals surface area contributed by atoms with Crippen LogP contribution in [-0.2, 0) is 4.74 Å². The van der Waals surface area contributed by atoms with Crippen molar-refractivity contribution in [3.05, 3.63) is 127 Å². The molecule has 0 fully saturated rings. The highest BCUT2D eigenvalue weighted by atomic mass is 35.5. The minimum atomic E-state index is -0.148. The van der Waals surface area contributed by atoms with Gasteiger partial charge in [0.05, 0.1) is 34.6 Å². The standard InChI is InChI=1S/C28H24Cl4N2O/c29-23-13-25(31)27(33)11-19(23)21(17-7-3-1-4-8-17)15-35-16-22(18-9-5-2-6-10-18)20-12-28(34)26(32)14-24(20)30/h1-14,21-22H,15-16,33-34H2. The zero-order valence-corrected chi connectivity index (χ0v) is 21.8. The Hall–Kier alpha value is -2.40. The maximum absolute atomic E-state index is 6.59. The predicted octanol–water partition coefficient (Wildman–Crippen LogP) is 8.45. The minimum Gasteiger partial charge on any atom is -0.398 e. The molecular formula is C28H24Cl4N2O. The fourth-order valence-corrected chi connectivity index (χ4v) is 5.14. The summed E-state index contributed by atoms with van der Waals surface area (Å²) >= 11 is 25.6. The Morgan fingerprint density at radius 3 is 1.29 bits per heavy atom. The fraction of sp³-hybridized carbons (Fsp3) is 0.143. The van der Waals surface area contributed by atoms with Gasteiger partial charge < -0.3 is 16.2 Å². The lowest BCUT2D eigenvalue weighted by atomic mass is 9.90. The molecule has 0 amide bonds. The molecule has 0 saturated carbocycles. The van der Waals surface area contributed by atoms with Crippen LogP contribution in [0.1, 0.15) is 34.1 Å². The number of hydrogen-bond acceptors (Lipinski definition) is 3. The molecule has 0 aromatic heterocycles. The summed E-state index contributed by atoms with van der Waals surface area (Å²) in [5, 5.41) is 1.92. The van der Waals surface area contributed by atoms with Crippen LogP contribution in [0.3, 0.4) is 0 Å². The van der Waals surface area contributed by atoms with Gasteiger partial charge in [0.15, 0.2) is 0 Å². The zero-order valence-electron chi connectivity index (χ0n) is 18.7. The van der Waals surface area contributed by atoms with Crippen molar-refractivity contribution >= 4 is 57.8 Å². The van der Waals surface area contributed by atoms with Crippen molar-refractivity contribution in [1.82, 2.24) is 0 Å². The lowest BCUT2D eigenvalue weighted by molar-refractivity contribution is 0.121. The Kier molecular flexibility index (Phi) is 8.48. The van der Waals surface area contributed by atoms with Crippen LogP contribution in [-0.4, -0.2) is 13.2 Å². The van der Waals surface area contributed by atoms with Crippen molar-refractivity contribution in [3.63, 3.8) is 0 Å². The van der Waals surface area contributed by atoms with Gasteiger partial charge in [0.1, 0.15) is 0 Å². The third-order valence-corrected chi connectivity index (χ3v) is 7.27. The minimum absolute atomic E-state index is 0.148. The number of nitrogens with two attached hydrogens (primary N) is 2. The lowest BCUT2D eigenvalue weighted by Crippen LogP contribution is -2.16. The summed E-state index contributed by atoms with van der Waals surface area (Å²) in [6, 6.07) is 27.0. The molecule has 3 nitrogen and oxygen atoms in total. The van der Waals surface area contributed by atoms with Crippen LogP contribution in [0.5, 0.6) is 0 Å². The van der Waals surface area contributed by atoms with Crippen molar-refractivity contribution in [2.24, 2.45) is 0 Å². The second kappa shape index (κ2) is 11.6. The molecule has 0 saturated heterocycles. The smallest absolute Gasteiger partial charge is 0.0650 e. The zero-order chi connectivity index (χ0) is 24.9. The molecule has 0 aliphatic heterocycles. The summed E-state index contributed by atoms with van der Waals surface area (Å²) in [6.07, 6.45) is 0. The van der Waals surface area contributed by atoms with E-state index in [0.29, 0.717) is 44.7 Å². The molecule has 4 rings (SSSR count). The van der Waals surface area contributed by atoms with Gasteiger partial charge in [-0.3, -0.25) is 0 Å². The van der Waals surface area contributed by atoms with E-state index in [2.05, 4.69) is 0 Å². The molecule has 0 bridgehead atoms. The first-order valence-electron chi connectivity index (χ1n) is 11.0. The molecule has 180 valence electrons. The maximum Gasteiger partial charge on any atom is 0.0650 e. The third kappa shape index (κ3) is 6.06. The highest BCUT2D eigenvalue weighted by molar-refractivity contribution is 6.37. The molecule has 0 aliphatic carbocycles. The van der Waals surface area contributed by atoms with E-state index in [1.54, 1.807) is 12.1 Å². The molecule has 2 unspecified atom stereocenters. The summed E-state index contributed by atoms with van der Waals surface area (Å²) in [6.45, 7) is 0.740. The Morgan fingerprint density at radius 1 is 0.543 bits per heavy atom. The van der Waals surface area contributed by atoms with Crippen LogP contribution in [0.4, 0.5) is 11.4 Å². The van der Waals surface area contributed by atoms with Gasteiger partial charge in [-0.1, -0.05) is 107 Å². The van der Waals surface area contributed by atoms with Crippen LogP contribution in [0.15, 0.2) is 84.9 Å². The monoisotopic (exact) mass is 544 g/mol. The first kappa shape index (κ1) is 25.7. The molecule has 0 radical (unpaired) electrons. The van der Waals surface area contributed by atoms with E-state index in [0.717, 1.165) is 22.3 Å². The highest BCUT2D eigenvalue weighted by Gasteiger charge is 2.23. The lowest BCUT2D eigenvalue weighted by Gasteiger charge is -2.24. The second-order valence-corrected chi connectivity index (χ2v) is 9.88. The van der Waals surface area contributed by atoms with E-state index in [-0.39, 0.29) is 11.8 Å². The number of rotatable bonds is 8. The molecule has 0 aliphatic rings. The highest BCUT2D eigenvalue weighted by Crippen LogP contribution is 2.38. The normalized spacial score (nSPS) is 12.9. The van der Waals surface area contributed by atoms with Gasteiger partial charge in [-0.25, -0.2) is 0 Å². The Morgan fingerprint density at radius 2 is 0.914 bits per heavy atom.